The summed E-state index contributed by atoms with van der Waals surface area (Å²) >= 11 is 1.28. The van der Waals surface area contributed by atoms with Crippen LogP contribution in [-0.2, 0) is 0 Å². The normalized spacial score (nSPS) is 10.5. The third kappa shape index (κ3) is 1.42. The van der Waals surface area contributed by atoms with E-state index < -0.39 is 17.5 Å². The van der Waals surface area contributed by atoms with Gasteiger partial charge in [-0.1, -0.05) is 6.07 Å². The molecule has 72 valence electrons. The minimum atomic E-state index is -1.42. The Morgan fingerprint density at radius 1 is 0.929 bits per heavy atom. The Morgan fingerprint density at radius 2 is 1.71 bits per heavy atom. The Hall–Kier alpha value is -1.29. The maximum absolute atomic E-state index is 13.2. The molecule has 0 spiro atoms. The summed E-state index contributed by atoms with van der Waals surface area (Å²) in [5, 5.41) is 1.75. The molecule has 0 unspecified atom stereocenters. The van der Waals surface area contributed by atoms with Crippen LogP contribution < -0.4 is 0 Å². The zero-order valence-electron chi connectivity index (χ0n) is 6.93. The standard InChI is InChI=1S/C10H5F3S/c11-7-4-3-6(9(12)10(7)13)8-2-1-5-14-8/h1-5H. The zero-order valence-corrected chi connectivity index (χ0v) is 7.75. The second-order valence-corrected chi connectivity index (χ2v) is 3.65. The van der Waals surface area contributed by atoms with Gasteiger partial charge in [-0.15, -0.1) is 11.3 Å². The van der Waals surface area contributed by atoms with E-state index in [1.807, 2.05) is 0 Å². The van der Waals surface area contributed by atoms with Gasteiger partial charge in [-0.3, -0.25) is 0 Å². The molecule has 0 bridgehead atoms. The average molecular weight is 214 g/mol. The monoisotopic (exact) mass is 214 g/mol. The molecule has 1 heterocycles. The number of halogens is 3. The predicted octanol–water partition coefficient (Wildman–Crippen LogP) is 3.83. The molecule has 2 aromatic rings. The van der Waals surface area contributed by atoms with Gasteiger partial charge in [-0.25, -0.2) is 13.2 Å². The quantitative estimate of drug-likeness (QED) is 0.633. The lowest BCUT2D eigenvalue weighted by Gasteiger charge is -2.01. The van der Waals surface area contributed by atoms with Crippen LogP contribution >= 0.6 is 11.3 Å². The minimum Gasteiger partial charge on any atom is -0.204 e. The van der Waals surface area contributed by atoms with Gasteiger partial charge in [0.1, 0.15) is 0 Å². The number of thiophene rings is 1. The number of rotatable bonds is 1. The topological polar surface area (TPSA) is 0 Å². The van der Waals surface area contributed by atoms with E-state index >= 15 is 0 Å². The van der Waals surface area contributed by atoms with Crippen molar-refractivity contribution in [3.63, 3.8) is 0 Å². The highest BCUT2D eigenvalue weighted by atomic mass is 32.1. The minimum absolute atomic E-state index is 0.0962. The molecule has 4 heteroatoms. The molecule has 0 radical (unpaired) electrons. The van der Waals surface area contributed by atoms with Gasteiger partial charge in [0, 0.05) is 10.4 Å². The number of benzene rings is 1. The first-order chi connectivity index (χ1) is 6.70. The molecule has 0 saturated heterocycles. The van der Waals surface area contributed by atoms with Crippen LogP contribution in [0, 0.1) is 17.5 Å². The summed E-state index contributed by atoms with van der Waals surface area (Å²) in [5.74, 6) is -3.72. The van der Waals surface area contributed by atoms with Gasteiger partial charge in [0.25, 0.3) is 0 Å². The van der Waals surface area contributed by atoms with Gasteiger partial charge < -0.3 is 0 Å². The lowest BCUT2D eigenvalue weighted by molar-refractivity contribution is 0.449. The molecule has 0 aliphatic rings. The lowest BCUT2D eigenvalue weighted by atomic mass is 10.1. The van der Waals surface area contributed by atoms with E-state index in [1.165, 1.54) is 17.4 Å². The first-order valence-electron chi connectivity index (χ1n) is 3.87. The van der Waals surface area contributed by atoms with E-state index in [2.05, 4.69) is 0 Å². The fourth-order valence-corrected chi connectivity index (χ4v) is 1.89. The maximum Gasteiger partial charge on any atom is 0.195 e. The van der Waals surface area contributed by atoms with Crippen LogP contribution in [0.2, 0.25) is 0 Å². The van der Waals surface area contributed by atoms with Crippen molar-refractivity contribution >= 4 is 11.3 Å². The van der Waals surface area contributed by atoms with Crippen molar-refractivity contribution in [3.8, 4) is 10.4 Å². The van der Waals surface area contributed by atoms with E-state index in [0.29, 0.717) is 4.88 Å². The van der Waals surface area contributed by atoms with E-state index in [4.69, 9.17) is 0 Å². The molecule has 2 rings (SSSR count). The van der Waals surface area contributed by atoms with Crippen LogP contribution in [0.5, 0.6) is 0 Å². The van der Waals surface area contributed by atoms with E-state index in [9.17, 15) is 13.2 Å². The van der Waals surface area contributed by atoms with E-state index in [1.54, 1.807) is 17.5 Å². The second-order valence-electron chi connectivity index (χ2n) is 2.70. The summed E-state index contributed by atoms with van der Waals surface area (Å²) < 4.78 is 38.6. The van der Waals surface area contributed by atoms with Crippen molar-refractivity contribution in [3.05, 3.63) is 47.1 Å². The fraction of sp³-hybridized carbons (Fsp3) is 0. The Bertz CT molecular complexity index is 449. The highest BCUT2D eigenvalue weighted by Crippen LogP contribution is 2.29. The van der Waals surface area contributed by atoms with E-state index in [0.717, 1.165) is 6.07 Å². The fourth-order valence-electron chi connectivity index (χ4n) is 1.15. The summed E-state index contributed by atoms with van der Waals surface area (Å²) in [5.41, 5.74) is 0.0962. The van der Waals surface area contributed by atoms with Crippen LogP contribution in [0.1, 0.15) is 0 Å². The van der Waals surface area contributed by atoms with Gasteiger partial charge in [0.2, 0.25) is 0 Å². The highest BCUT2D eigenvalue weighted by Gasteiger charge is 2.14. The van der Waals surface area contributed by atoms with Crippen molar-refractivity contribution in [1.29, 1.82) is 0 Å². The molecule has 0 aliphatic carbocycles. The molecule has 0 saturated carbocycles. The Balaban J connectivity index is 2.61. The molecule has 0 aliphatic heterocycles. The van der Waals surface area contributed by atoms with Crippen molar-refractivity contribution in [1.82, 2.24) is 0 Å². The van der Waals surface area contributed by atoms with Crippen molar-refractivity contribution in [2.75, 3.05) is 0 Å². The van der Waals surface area contributed by atoms with E-state index in [-0.39, 0.29) is 5.56 Å². The van der Waals surface area contributed by atoms with Gasteiger partial charge in [-0.05, 0) is 23.6 Å². The summed E-state index contributed by atoms with van der Waals surface area (Å²) in [4.78, 5) is 0.585. The Kier molecular flexibility index (Phi) is 2.29. The van der Waals surface area contributed by atoms with Gasteiger partial charge in [-0.2, -0.15) is 0 Å². The van der Waals surface area contributed by atoms with Crippen LogP contribution in [0.4, 0.5) is 13.2 Å². The Morgan fingerprint density at radius 3 is 2.36 bits per heavy atom. The molecular weight excluding hydrogens is 209 g/mol. The molecule has 0 nitrogen and oxygen atoms in total. The molecule has 0 atom stereocenters. The van der Waals surface area contributed by atoms with Crippen LogP contribution in [-0.4, -0.2) is 0 Å². The third-order valence-corrected chi connectivity index (χ3v) is 2.72. The molecule has 1 aromatic heterocycles. The summed E-state index contributed by atoms with van der Waals surface area (Å²) in [6, 6.07) is 5.54. The van der Waals surface area contributed by atoms with Crippen LogP contribution in [0.25, 0.3) is 10.4 Å². The summed E-state index contributed by atoms with van der Waals surface area (Å²) in [6.45, 7) is 0. The van der Waals surface area contributed by atoms with Gasteiger partial charge in [0.15, 0.2) is 17.5 Å². The average Bonchev–Trinajstić information content (AvgIpc) is 2.67. The summed E-state index contributed by atoms with van der Waals surface area (Å²) in [6.07, 6.45) is 0. The number of hydrogen-bond donors (Lipinski definition) is 0. The Labute approximate surface area is 82.6 Å². The SMILES string of the molecule is Fc1ccc(-c2cccs2)c(F)c1F. The van der Waals surface area contributed by atoms with Gasteiger partial charge in [0.05, 0.1) is 0 Å². The molecule has 0 amide bonds. The summed E-state index contributed by atoms with van der Waals surface area (Å²) in [7, 11) is 0. The maximum atomic E-state index is 13.2. The third-order valence-electron chi connectivity index (χ3n) is 1.82. The smallest absolute Gasteiger partial charge is 0.195 e. The van der Waals surface area contributed by atoms with Gasteiger partial charge >= 0.3 is 0 Å². The number of hydrogen-bond acceptors (Lipinski definition) is 1. The second kappa shape index (κ2) is 3.46. The van der Waals surface area contributed by atoms with Crippen molar-refractivity contribution < 1.29 is 13.2 Å². The van der Waals surface area contributed by atoms with Crippen molar-refractivity contribution in [2.24, 2.45) is 0 Å². The highest BCUT2D eigenvalue weighted by molar-refractivity contribution is 7.13. The van der Waals surface area contributed by atoms with Crippen LogP contribution in [0.3, 0.4) is 0 Å². The predicted molar refractivity (Wildman–Crippen MR) is 49.6 cm³/mol. The molecule has 1 aromatic carbocycles. The molecule has 0 N–H and O–H groups in total. The first-order valence-corrected chi connectivity index (χ1v) is 4.75. The molecule has 14 heavy (non-hydrogen) atoms. The first kappa shape index (κ1) is 9.27. The lowest BCUT2D eigenvalue weighted by Crippen LogP contribution is -1.92. The zero-order chi connectivity index (χ0) is 10.1. The van der Waals surface area contributed by atoms with Crippen LogP contribution in [0.15, 0.2) is 29.6 Å². The molecule has 0 fully saturated rings. The molecular formula is C10H5F3S. The largest absolute Gasteiger partial charge is 0.204 e. The van der Waals surface area contributed by atoms with Crippen molar-refractivity contribution in [2.45, 2.75) is 0 Å².